The van der Waals surface area contributed by atoms with Crippen LogP contribution in [0.1, 0.15) is 49.7 Å². The Bertz CT molecular complexity index is 1080. The van der Waals surface area contributed by atoms with Crippen molar-refractivity contribution in [1.82, 2.24) is 23.4 Å². The number of fused-ring (bicyclic) bond motifs is 1. The maximum absolute atomic E-state index is 13.1. The molecule has 0 N–H and O–H groups in total. The minimum absolute atomic E-state index is 0.0302. The molecular formula is C20H23N5O2S. The third kappa shape index (κ3) is 3.56. The average molecular weight is 398 g/mol. The van der Waals surface area contributed by atoms with Crippen molar-refractivity contribution in [3.05, 3.63) is 51.9 Å². The Morgan fingerprint density at radius 3 is 2.75 bits per heavy atom. The van der Waals surface area contributed by atoms with Crippen LogP contribution in [0.15, 0.2) is 35.1 Å². The van der Waals surface area contributed by atoms with Gasteiger partial charge in [-0.25, -0.2) is 4.68 Å². The van der Waals surface area contributed by atoms with E-state index in [1.807, 2.05) is 11.0 Å². The zero-order valence-electron chi connectivity index (χ0n) is 16.3. The lowest BCUT2D eigenvalue weighted by atomic mass is 9.92. The third-order valence-electron chi connectivity index (χ3n) is 5.16. The van der Waals surface area contributed by atoms with Gasteiger partial charge in [0.05, 0.1) is 30.0 Å². The predicted octanol–water partition coefficient (Wildman–Crippen LogP) is 2.85. The fourth-order valence-electron chi connectivity index (χ4n) is 3.55. The quantitative estimate of drug-likeness (QED) is 0.679. The lowest BCUT2D eigenvalue weighted by molar-refractivity contribution is 0.0720. The number of carbonyl (C=O) groups is 1. The highest BCUT2D eigenvalue weighted by atomic mass is 32.1. The second-order valence-electron chi connectivity index (χ2n) is 8.25. The molecule has 3 aromatic rings. The molecule has 0 spiro atoms. The Balaban J connectivity index is 1.58. The van der Waals surface area contributed by atoms with Gasteiger partial charge in [0.25, 0.3) is 11.5 Å². The molecule has 2 aromatic heterocycles. The van der Waals surface area contributed by atoms with Crippen molar-refractivity contribution < 1.29 is 4.79 Å². The van der Waals surface area contributed by atoms with Gasteiger partial charge in [-0.2, -0.15) is 13.8 Å². The van der Waals surface area contributed by atoms with E-state index in [9.17, 15) is 9.59 Å². The summed E-state index contributed by atoms with van der Waals surface area (Å²) < 4.78 is 9.91. The summed E-state index contributed by atoms with van der Waals surface area (Å²) >= 11 is 1.14. The number of amides is 1. The lowest BCUT2D eigenvalue weighted by Crippen LogP contribution is -2.41. The lowest BCUT2D eigenvalue weighted by Gasteiger charge is -2.26. The second-order valence-corrected chi connectivity index (χ2v) is 8.78. The monoisotopic (exact) mass is 397 g/mol. The molecule has 146 valence electrons. The smallest absolute Gasteiger partial charge is 0.266 e. The average Bonchev–Trinajstić information content (AvgIpc) is 3.30. The van der Waals surface area contributed by atoms with E-state index in [1.165, 1.54) is 4.68 Å². The Morgan fingerprint density at radius 2 is 1.96 bits per heavy atom. The number of likely N-dealkylation sites (tertiary alicyclic amines) is 1. The molecule has 1 aromatic carbocycles. The minimum Gasteiger partial charge on any atom is -0.334 e. The number of benzene rings is 1. The first-order valence-electron chi connectivity index (χ1n) is 9.45. The first-order valence-corrected chi connectivity index (χ1v) is 10.2. The van der Waals surface area contributed by atoms with Crippen LogP contribution < -0.4 is 5.56 Å². The van der Waals surface area contributed by atoms with Crippen LogP contribution in [0.3, 0.4) is 0 Å². The molecule has 1 amide bonds. The summed E-state index contributed by atoms with van der Waals surface area (Å²) in [6, 6.07) is 8.73. The summed E-state index contributed by atoms with van der Waals surface area (Å²) in [6.07, 6.45) is 1.78. The van der Waals surface area contributed by atoms with E-state index in [4.69, 9.17) is 0 Å². The van der Waals surface area contributed by atoms with Gasteiger partial charge in [0.1, 0.15) is 11.0 Å². The van der Waals surface area contributed by atoms with E-state index in [0.29, 0.717) is 18.7 Å². The first-order chi connectivity index (χ1) is 13.3. The molecule has 1 unspecified atom stereocenters. The molecule has 1 aliphatic rings. The number of hydrogen-bond acceptors (Lipinski definition) is 6. The largest absolute Gasteiger partial charge is 0.334 e. The fraction of sp³-hybridized carbons (Fsp3) is 0.450. The SMILES string of the molecule is CC(C)(C)c1ccc(=O)n(CC2CCCN2C(=O)c2ccc3nsnc3c2)n1. The van der Waals surface area contributed by atoms with Gasteiger partial charge in [-0.05, 0) is 37.1 Å². The molecule has 0 saturated carbocycles. The van der Waals surface area contributed by atoms with Crippen LogP contribution in [0, 0.1) is 0 Å². The highest BCUT2D eigenvalue weighted by Gasteiger charge is 2.30. The second kappa shape index (κ2) is 7.09. The molecule has 28 heavy (non-hydrogen) atoms. The zero-order valence-corrected chi connectivity index (χ0v) is 17.1. The zero-order chi connectivity index (χ0) is 19.9. The summed E-state index contributed by atoms with van der Waals surface area (Å²) in [4.78, 5) is 27.3. The van der Waals surface area contributed by atoms with Gasteiger partial charge in [-0.15, -0.1) is 0 Å². The van der Waals surface area contributed by atoms with Crippen molar-refractivity contribution in [2.24, 2.45) is 0 Å². The Labute approximate surface area is 167 Å². The number of hydrogen-bond donors (Lipinski definition) is 0. The van der Waals surface area contributed by atoms with Gasteiger partial charge in [0, 0.05) is 23.6 Å². The van der Waals surface area contributed by atoms with E-state index in [-0.39, 0.29) is 22.9 Å². The summed E-state index contributed by atoms with van der Waals surface area (Å²) in [7, 11) is 0. The maximum atomic E-state index is 13.1. The molecular weight excluding hydrogens is 374 g/mol. The van der Waals surface area contributed by atoms with E-state index < -0.39 is 0 Å². The Kier molecular flexibility index (Phi) is 4.74. The molecule has 3 heterocycles. The van der Waals surface area contributed by atoms with Crippen LogP contribution in [0.4, 0.5) is 0 Å². The molecule has 0 radical (unpaired) electrons. The standard InChI is InChI=1S/C20H23N5O2S/c1-20(2,3)17-8-9-18(26)25(21-17)12-14-5-4-10-24(14)19(27)13-6-7-15-16(11-13)23-28-22-15/h6-9,11,14H,4-5,10,12H2,1-3H3. The van der Waals surface area contributed by atoms with Crippen LogP contribution in [0.5, 0.6) is 0 Å². The van der Waals surface area contributed by atoms with Crippen LogP contribution in [0.25, 0.3) is 11.0 Å². The third-order valence-corrected chi connectivity index (χ3v) is 5.71. The van der Waals surface area contributed by atoms with Crippen LogP contribution >= 0.6 is 11.7 Å². The van der Waals surface area contributed by atoms with E-state index in [0.717, 1.165) is 41.3 Å². The summed E-state index contributed by atoms with van der Waals surface area (Å²) in [5, 5.41) is 4.56. The molecule has 0 bridgehead atoms. The van der Waals surface area contributed by atoms with Gasteiger partial charge >= 0.3 is 0 Å². The topological polar surface area (TPSA) is 81.0 Å². The predicted molar refractivity (Wildman–Crippen MR) is 109 cm³/mol. The summed E-state index contributed by atoms with van der Waals surface area (Å²) in [5.41, 5.74) is 2.73. The highest BCUT2D eigenvalue weighted by Crippen LogP contribution is 2.23. The number of carbonyl (C=O) groups excluding carboxylic acids is 1. The van der Waals surface area contributed by atoms with Crippen LogP contribution in [-0.4, -0.2) is 41.9 Å². The molecule has 1 aliphatic heterocycles. The molecule has 4 rings (SSSR count). The van der Waals surface area contributed by atoms with Gasteiger partial charge in [-0.3, -0.25) is 9.59 Å². The van der Waals surface area contributed by atoms with Gasteiger partial charge in [0.15, 0.2) is 0 Å². The number of aromatic nitrogens is 4. The van der Waals surface area contributed by atoms with Crippen molar-refractivity contribution >= 4 is 28.7 Å². The molecule has 1 atom stereocenters. The normalized spacial score (nSPS) is 17.4. The Morgan fingerprint density at radius 1 is 1.18 bits per heavy atom. The summed E-state index contributed by atoms with van der Waals surface area (Å²) in [6.45, 7) is 7.30. The van der Waals surface area contributed by atoms with Crippen LogP contribution in [0.2, 0.25) is 0 Å². The van der Waals surface area contributed by atoms with Crippen molar-refractivity contribution in [3.63, 3.8) is 0 Å². The highest BCUT2D eigenvalue weighted by molar-refractivity contribution is 7.00. The van der Waals surface area contributed by atoms with E-state index in [2.05, 4.69) is 34.6 Å². The van der Waals surface area contributed by atoms with Gasteiger partial charge in [-0.1, -0.05) is 20.8 Å². The van der Waals surface area contributed by atoms with Crippen LogP contribution in [-0.2, 0) is 12.0 Å². The minimum atomic E-state index is -0.141. The molecule has 1 fully saturated rings. The Hall–Kier alpha value is -2.61. The van der Waals surface area contributed by atoms with E-state index >= 15 is 0 Å². The van der Waals surface area contributed by atoms with Crippen molar-refractivity contribution in [2.75, 3.05) is 6.54 Å². The molecule has 8 heteroatoms. The first kappa shape index (κ1) is 18.7. The van der Waals surface area contributed by atoms with Gasteiger partial charge in [0.2, 0.25) is 0 Å². The fourth-order valence-corrected chi connectivity index (χ4v) is 4.07. The molecule has 1 saturated heterocycles. The molecule has 7 nitrogen and oxygen atoms in total. The van der Waals surface area contributed by atoms with E-state index in [1.54, 1.807) is 24.3 Å². The number of rotatable bonds is 3. The van der Waals surface area contributed by atoms with Crippen molar-refractivity contribution in [3.8, 4) is 0 Å². The van der Waals surface area contributed by atoms with Gasteiger partial charge < -0.3 is 4.90 Å². The van der Waals surface area contributed by atoms with Crippen molar-refractivity contribution in [1.29, 1.82) is 0 Å². The van der Waals surface area contributed by atoms with Crippen molar-refractivity contribution in [2.45, 2.75) is 51.6 Å². The maximum Gasteiger partial charge on any atom is 0.266 e. The summed E-state index contributed by atoms with van der Waals surface area (Å²) in [5.74, 6) is -0.0302. The number of nitrogens with zero attached hydrogens (tertiary/aromatic N) is 5. The molecule has 0 aliphatic carbocycles.